The van der Waals surface area contributed by atoms with Crippen molar-refractivity contribution in [3.8, 4) is 0 Å². The van der Waals surface area contributed by atoms with Gasteiger partial charge >= 0.3 is 0 Å². The van der Waals surface area contributed by atoms with Crippen molar-refractivity contribution >= 4 is 17.3 Å². The van der Waals surface area contributed by atoms with E-state index in [0.29, 0.717) is 18.7 Å². The van der Waals surface area contributed by atoms with Crippen LogP contribution in [0.25, 0.3) is 0 Å². The molecule has 1 saturated heterocycles. The predicted octanol–water partition coefficient (Wildman–Crippen LogP) is 3.00. The predicted molar refractivity (Wildman–Crippen MR) is 126 cm³/mol. The summed E-state index contributed by atoms with van der Waals surface area (Å²) in [5.74, 6) is 0.574. The van der Waals surface area contributed by atoms with E-state index in [1.54, 1.807) is 13.1 Å². The van der Waals surface area contributed by atoms with E-state index < -0.39 is 0 Å². The monoisotopic (exact) mass is 447 g/mol. The average Bonchev–Trinajstić information content (AvgIpc) is 3.19. The van der Waals surface area contributed by atoms with Crippen LogP contribution in [0.15, 0.2) is 35.3 Å². The Bertz CT molecular complexity index is 863. The minimum atomic E-state index is -0.167. The molecule has 1 fully saturated rings. The number of aryl methyl sites for hydroxylation is 1. The summed E-state index contributed by atoms with van der Waals surface area (Å²) in [5, 5.41) is 6.85. The second-order valence-electron chi connectivity index (χ2n) is 8.08. The van der Waals surface area contributed by atoms with Crippen LogP contribution in [0.2, 0.25) is 0 Å². The molecule has 2 aromatic rings. The van der Waals surface area contributed by atoms with Crippen LogP contribution in [0.5, 0.6) is 0 Å². The highest BCUT2D eigenvalue weighted by Gasteiger charge is 2.24. The molecule has 2 heterocycles. The van der Waals surface area contributed by atoms with E-state index in [1.165, 1.54) is 9.75 Å². The van der Waals surface area contributed by atoms with Crippen molar-refractivity contribution in [2.24, 2.45) is 4.99 Å². The number of benzene rings is 1. The summed E-state index contributed by atoms with van der Waals surface area (Å²) < 4.78 is 19.6. The minimum absolute atomic E-state index is 0.167. The molecule has 0 spiro atoms. The van der Waals surface area contributed by atoms with E-state index in [4.69, 9.17) is 4.74 Å². The molecule has 1 aromatic carbocycles. The maximum Gasteiger partial charge on any atom is 0.191 e. The number of hydrogen-bond acceptors (Lipinski definition) is 5. The topological polar surface area (TPSA) is 52.1 Å². The SMILES string of the molecule is CN=C(NCc1ccc(F)c(CN(C)C)c1)NCC(c1ccc(C)s1)N1CCOCC1. The highest BCUT2D eigenvalue weighted by atomic mass is 32.1. The lowest BCUT2D eigenvalue weighted by molar-refractivity contribution is 0.0177. The zero-order valence-corrected chi connectivity index (χ0v) is 19.8. The Morgan fingerprint density at radius 1 is 1.23 bits per heavy atom. The van der Waals surface area contributed by atoms with Gasteiger partial charge in [-0.2, -0.15) is 0 Å². The first-order chi connectivity index (χ1) is 15.0. The summed E-state index contributed by atoms with van der Waals surface area (Å²) in [7, 11) is 5.66. The molecular formula is C23H34FN5OS. The van der Waals surface area contributed by atoms with Gasteiger partial charge < -0.3 is 20.3 Å². The number of ether oxygens (including phenoxy) is 1. The van der Waals surface area contributed by atoms with Gasteiger partial charge in [0, 0.05) is 55.1 Å². The Hall–Kier alpha value is -2.00. The summed E-state index contributed by atoms with van der Waals surface area (Å²) >= 11 is 1.84. The third-order valence-corrected chi connectivity index (χ3v) is 6.42. The third-order valence-electron chi connectivity index (χ3n) is 5.32. The Labute approximate surface area is 189 Å². The van der Waals surface area contributed by atoms with Crippen molar-refractivity contribution in [2.45, 2.75) is 26.1 Å². The molecule has 1 aliphatic heterocycles. The Morgan fingerprint density at radius 2 is 2.00 bits per heavy atom. The normalized spacial score (nSPS) is 16.5. The van der Waals surface area contributed by atoms with Crippen LogP contribution in [-0.2, 0) is 17.8 Å². The molecule has 1 aliphatic rings. The maximum absolute atomic E-state index is 14.0. The molecule has 8 heteroatoms. The van der Waals surface area contributed by atoms with Crippen LogP contribution < -0.4 is 10.6 Å². The van der Waals surface area contributed by atoms with Crippen LogP contribution in [0.4, 0.5) is 4.39 Å². The fraction of sp³-hybridized carbons (Fsp3) is 0.522. The number of morpholine rings is 1. The number of aliphatic imine (C=N–C) groups is 1. The van der Waals surface area contributed by atoms with E-state index in [0.717, 1.165) is 44.4 Å². The van der Waals surface area contributed by atoms with Crippen LogP contribution in [0, 0.1) is 12.7 Å². The molecule has 170 valence electrons. The van der Waals surface area contributed by atoms with Crippen LogP contribution in [-0.4, -0.2) is 69.8 Å². The number of hydrogen-bond donors (Lipinski definition) is 2. The lowest BCUT2D eigenvalue weighted by Crippen LogP contribution is -2.46. The van der Waals surface area contributed by atoms with Gasteiger partial charge in [-0.1, -0.05) is 6.07 Å². The first-order valence-electron chi connectivity index (χ1n) is 10.7. The smallest absolute Gasteiger partial charge is 0.191 e. The van der Waals surface area contributed by atoms with Gasteiger partial charge in [-0.25, -0.2) is 4.39 Å². The largest absolute Gasteiger partial charge is 0.379 e. The molecule has 0 aliphatic carbocycles. The number of thiophene rings is 1. The number of guanidine groups is 1. The highest BCUT2D eigenvalue weighted by molar-refractivity contribution is 7.12. The summed E-state index contributed by atoms with van der Waals surface area (Å²) in [6.07, 6.45) is 0. The number of nitrogens with zero attached hydrogens (tertiary/aromatic N) is 3. The zero-order chi connectivity index (χ0) is 22.2. The Kier molecular flexibility index (Phi) is 8.83. The number of rotatable bonds is 8. The lowest BCUT2D eigenvalue weighted by Gasteiger charge is -2.34. The Balaban J connectivity index is 1.60. The third kappa shape index (κ3) is 7.00. The molecule has 0 bridgehead atoms. The molecule has 0 saturated carbocycles. The molecule has 1 atom stereocenters. The first-order valence-corrected chi connectivity index (χ1v) is 11.5. The minimum Gasteiger partial charge on any atom is -0.379 e. The molecule has 31 heavy (non-hydrogen) atoms. The fourth-order valence-electron chi connectivity index (χ4n) is 3.73. The fourth-order valence-corrected chi connectivity index (χ4v) is 4.74. The molecule has 0 radical (unpaired) electrons. The van der Waals surface area contributed by atoms with Crippen molar-refractivity contribution in [2.75, 3.05) is 54.0 Å². The van der Waals surface area contributed by atoms with E-state index in [-0.39, 0.29) is 11.9 Å². The van der Waals surface area contributed by atoms with Crippen molar-refractivity contribution in [3.05, 3.63) is 57.0 Å². The lowest BCUT2D eigenvalue weighted by atomic mass is 10.1. The number of nitrogens with one attached hydrogen (secondary N) is 2. The molecule has 0 amide bonds. The molecule has 2 N–H and O–H groups in total. The Morgan fingerprint density at radius 3 is 2.65 bits per heavy atom. The highest BCUT2D eigenvalue weighted by Crippen LogP contribution is 2.27. The molecule has 6 nitrogen and oxygen atoms in total. The van der Waals surface area contributed by atoms with Gasteiger partial charge in [0.15, 0.2) is 5.96 Å². The van der Waals surface area contributed by atoms with Crippen molar-refractivity contribution in [1.29, 1.82) is 0 Å². The molecular weight excluding hydrogens is 413 g/mol. The maximum atomic E-state index is 14.0. The summed E-state index contributed by atoms with van der Waals surface area (Å²) in [6, 6.07) is 9.96. The van der Waals surface area contributed by atoms with Crippen molar-refractivity contribution in [3.63, 3.8) is 0 Å². The zero-order valence-electron chi connectivity index (χ0n) is 18.9. The second kappa shape index (κ2) is 11.6. The standard InChI is InChI=1S/C23H34FN5OS/c1-17-5-8-22(31-17)21(29-9-11-30-12-10-29)15-27-23(25-2)26-14-18-6-7-20(24)19(13-18)16-28(3)4/h5-8,13,21H,9-12,14-16H2,1-4H3,(H2,25,26,27). The van der Waals surface area contributed by atoms with Crippen LogP contribution in [0.3, 0.4) is 0 Å². The van der Waals surface area contributed by atoms with Gasteiger partial charge in [0.1, 0.15) is 5.82 Å². The summed E-state index contributed by atoms with van der Waals surface area (Å²) in [6.45, 7) is 7.47. The quantitative estimate of drug-likeness (QED) is 0.481. The van der Waals surface area contributed by atoms with Crippen LogP contribution >= 0.6 is 11.3 Å². The molecule has 3 rings (SSSR count). The first kappa shape index (κ1) is 23.7. The molecule has 1 unspecified atom stereocenters. The van der Waals surface area contributed by atoms with E-state index in [1.807, 2.05) is 42.5 Å². The van der Waals surface area contributed by atoms with Crippen molar-refractivity contribution < 1.29 is 9.13 Å². The average molecular weight is 448 g/mol. The second-order valence-corrected chi connectivity index (χ2v) is 9.40. The van der Waals surface area contributed by atoms with Gasteiger partial charge in [-0.3, -0.25) is 9.89 Å². The van der Waals surface area contributed by atoms with Gasteiger partial charge in [-0.15, -0.1) is 11.3 Å². The van der Waals surface area contributed by atoms with E-state index >= 15 is 0 Å². The summed E-state index contributed by atoms with van der Waals surface area (Å²) in [4.78, 5) is 11.5. The van der Waals surface area contributed by atoms with Gasteiger partial charge in [0.05, 0.1) is 19.3 Å². The number of halogens is 1. The van der Waals surface area contributed by atoms with Gasteiger partial charge in [0.2, 0.25) is 0 Å². The van der Waals surface area contributed by atoms with E-state index in [9.17, 15) is 4.39 Å². The van der Waals surface area contributed by atoms with Crippen LogP contribution in [0.1, 0.15) is 26.9 Å². The van der Waals surface area contributed by atoms with Gasteiger partial charge in [0.25, 0.3) is 0 Å². The van der Waals surface area contributed by atoms with E-state index in [2.05, 4.69) is 39.6 Å². The molecule has 1 aromatic heterocycles. The summed E-state index contributed by atoms with van der Waals surface area (Å²) in [5.41, 5.74) is 1.73. The van der Waals surface area contributed by atoms with Crippen molar-refractivity contribution in [1.82, 2.24) is 20.4 Å². The van der Waals surface area contributed by atoms with Gasteiger partial charge in [-0.05, 0) is 50.8 Å².